The minimum absolute atomic E-state index is 0.0526. The average Bonchev–Trinajstić information content (AvgIpc) is 2.67. The molecule has 0 radical (unpaired) electrons. The highest BCUT2D eigenvalue weighted by molar-refractivity contribution is 5.90. The molecule has 0 spiro atoms. The van der Waals surface area contributed by atoms with Crippen LogP contribution in [-0.2, 0) is 14.4 Å². The summed E-state index contributed by atoms with van der Waals surface area (Å²) in [6.45, 7) is 4.27. The van der Waals surface area contributed by atoms with Crippen molar-refractivity contribution in [1.29, 1.82) is 0 Å². The van der Waals surface area contributed by atoms with E-state index in [1.54, 1.807) is 0 Å². The lowest BCUT2D eigenvalue weighted by molar-refractivity contribution is -0.131. The number of amides is 2. The van der Waals surface area contributed by atoms with Crippen LogP contribution in [-0.4, -0.2) is 48.7 Å². The summed E-state index contributed by atoms with van der Waals surface area (Å²) < 4.78 is 8.07. The molecule has 0 saturated carbocycles. The number of carbonyl (C=O) groups is 3. The van der Waals surface area contributed by atoms with Gasteiger partial charge in [-0.15, -0.1) is 0 Å². The molecule has 2 amide bonds. The summed E-state index contributed by atoms with van der Waals surface area (Å²) in [5.41, 5.74) is 16.4. The summed E-state index contributed by atoms with van der Waals surface area (Å²) in [5, 5.41) is 3.30. The molecule has 0 aliphatic rings. The van der Waals surface area contributed by atoms with E-state index in [9.17, 15) is 14.4 Å². The van der Waals surface area contributed by atoms with Gasteiger partial charge in [0.2, 0.25) is 11.8 Å². The zero-order chi connectivity index (χ0) is 21.5. The molecular weight excluding hydrogens is 348 g/mol. The van der Waals surface area contributed by atoms with Crippen LogP contribution in [0.3, 0.4) is 0 Å². The van der Waals surface area contributed by atoms with Crippen molar-refractivity contribution >= 4 is 24.1 Å². The molecule has 0 aromatic carbocycles. The van der Waals surface area contributed by atoms with E-state index in [2.05, 4.69) is 10.3 Å². The SMILES string of the molecule is [2H]N(C(=O)[C@@H](CCCC)NC(=O)[C@H](N)CCCC)[C@@H](C=O)CCCN=C(N)N. The highest BCUT2D eigenvalue weighted by Gasteiger charge is 2.24. The Labute approximate surface area is 163 Å². The zero-order valence-corrected chi connectivity index (χ0v) is 16.5. The number of rotatable bonds is 15. The molecule has 27 heavy (non-hydrogen) atoms. The highest BCUT2D eigenvalue weighted by atomic mass is 16.2. The summed E-state index contributed by atoms with van der Waals surface area (Å²) in [4.78, 5) is 40.2. The molecule has 8 N–H and O–H groups in total. The first kappa shape index (κ1) is 22.9. The topological polar surface area (TPSA) is 166 Å². The van der Waals surface area contributed by atoms with Crippen LogP contribution in [0.2, 0.25) is 1.41 Å². The van der Waals surface area contributed by atoms with Crippen LogP contribution < -0.4 is 27.8 Å². The molecule has 0 aliphatic heterocycles. The van der Waals surface area contributed by atoms with Crippen LogP contribution in [0, 0.1) is 0 Å². The summed E-state index contributed by atoms with van der Waals surface area (Å²) in [5.74, 6) is -1.08. The maximum atomic E-state index is 12.7. The van der Waals surface area contributed by atoms with E-state index in [0.29, 0.717) is 43.8 Å². The van der Waals surface area contributed by atoms with Gasteiger partial charge in [-0.3, -0.25) is 14.6 Å². The van der Waals surface area contributed by atoms with Crippen LogP contribution in [0.5, 0.6) is 0 Å². The standard InChI is InChI=1S/C18H36N6O3/c1-3-5-9-14(19)16(26)24-15(10-6-4-2)17(27)23-13(12-25)8-7-11-22-18(20)21/h12-15H,3-11,19H2,1-2H3,(H,23,27)(H,24,26)(H4,20,21,22)/t13-,14-,15-/m1/s1/i/hD. The monoisotopic (exact) mass is 385 g/mol. The number of hydrogen-bond donors (Lipinski definition) is 5. The van der Waals surface area contributed by atoms with Gasteiger partial charge in [0, 0.05) is 6.54 Å². The van der Waals surface area contributed by atoms with Crippen LogP contribution in [0.1, 0.15) is 65.2 Å². The van der Waals surface area contributed by atoms with Crippen molar-refractivity contribution in [2.75, 3.05) is 6.54 Å². The molecule has 0 aromatic heterocycles. The molecule has 9 heteroatoms. The van der Waals surface area contributed by atoms with E-state index in [4.69, 9.17) is 18.6 Å². The molecule has 0 heterocycles. The minimum atomic E-state index is -0.934. The molecule has 9 nitrogen and oxygen atoms in total. The van der Waals surface area contributed by atoms with Crippen molar-refractivity contribution in [3.63, 3.8) is 0 Å². The maximum Gasteiger partial charge on any atom is 0.243 e. The summed E-state index contributed by atoms with van der Waals surface area (Å²) in [6, 6.07) is -2.51. The smallest absolute Gasteiger partial charge is 0.243 e. The van der Waals surface area contributed by atoms with Crippen molar-refractivity contribution in [3.8, 4) is 0 Å². The zero-order valence-electron chi connectivity index (χ0n) is 17.5. The van der Waals surface area contributed by atoms with E-state index < -0.39 is 29.9 Å². The predicted molar refractivity (Wildman–Crippen MR) is 107 cm³/mol. The Morgan fingerprint density at radius 3 is 2.26 bits per heavy atom. The lowest BCUT2D eigenvalue weighted by Crippen LogP contribution is -2.53. The second-order valence-corrected chi connectivity index (χ2v) is 6.57. The molecule has 0 rings (SSSR count). The first-order chi connectivity index (χ1) is 13.3. The van der Waals surface area contributed by atoms with Gasteiger partial charge in [0.15, 0.2) is 7.37 Å². The number of nitrogens with two attached hydrogens (primary N) is 3. The molecule has 156 valence electrons. The van der Waals surface area contributed by atoms with E-state index in [-0.39, 0.29) is 12.4 Å². The van der Waals surface area contributed by atoms with Gasteiger partial charge in [-0.1, -0.05) is 39.5 Å². The first-order valence-corrected chi connectivity index (χ1v) is 9.66. The average molecular weight is 386 g/mol. The number of carbonyl (C=O) groups excluding carboxylic acids is 3. The molecule has 0 aromatic rings. The lowest BCUT2D eigenvalue weighted by Gasteiger charge is -2.22. The Morgan fingerprint density at radius 1 is 1.07 bits per heavy atom. The van der Waals surface area contributed by atoms with Gasteiger partial charge in [0.25, 0.3) is 0 Å². The molecule has 3 atom stereocenters. The maximum absolute atomic E-state index is 12.7. The van der Waals surface area contributed by atoms with Gasteiger partial charge in [0.05, 0.1) is 12.1 Å². The second kappa shape index (κ2) is 15.0. The number of aldehydes is 1. The molecule has 0 unspecified atom stereocenters. The van der Waals surface area contributed by atoms with Crippen molar-refractivity contribution in [3.05, 3.63) is 0 Å². The van der Waals surface area contributed by atoms with E-state index in [1.165, 1.54) is 0 Å². The fourth-order valence-electron chi connectivity index (χ4n) is 2.42. The Morgan fingerprint density at radius 2 is 1.70 bits per heavy atom. The van der Waals surface area contributed by atoms with Crippen LogP contribution in [0.4, 0.5) is 0 Å². The number of aliphatic imine (C=N–C) groups is 1. The normalized spacial score (nSPS) is 14.4. The third-order valence-corrected chi connectivity index (χ3v) is 4.07. The van der Waals surface area contributed by atoms with Gasteiger partial charge >= 0.3 is 0 Å². The Balaban J connectivity index is 4.96. The van der Waals surface area contributed by atoms with Crippen molar-refractivity contribution < 1.29 is 15.8 Å². The first-order valence-electron chi connectivity index (χ1n) is 10.1. The quantitative estimate of drug-likeness (QED) is 0.114. The minimum Gasteiger partial charge on any atom is -0.370 e. The van der Waals surface area contributed by atoms with Crippen molar-refractivity contribution in [1.82, 2.24) is 10.6 Å². The molecule has 0 saturated heterocycles. The highest BCUT2D eigenvalue weighted by Crippen LogP contribution is 2.05. The summed E-state index contributed by atoms with van der Waals surface area (Å²) >= 11 is 0. The predicted octanol–water partition coefficient (Wildman–Crippen LogP) is -0.0838. The Bertz CT molecular complexity index is 514. The van der Waals surface area contributed by atoms with Gasteiger partial charge in [-0.05, 0) is 25.7 Å². The third-order valence-electron chi connectivity index (χ3n) is 4.07. The molecule has 0 fully saturated rings. The van der Waals surface area contributed by atoms with Crippen LogP contribution >= 0.6 is 0 Å². The fourth-order valence-corrected chi connectivity index (χ4v) is 2.42. The van der Waals surface area contributed by atoms with Gasteiger partial charge in [0.1, 0.15) is 12.3 Å². The number of nitrogens with one attached hydrogen (secondary N) is 2. The fraction of sp³-hybridized carbons (Fsp3) is 0.778. The van der Waals surface area contributed by atoms with Gasteiger partial charge in [-0.25, -0.2) is 0 Å². The van der Waals surface area contributed by atoms with Crippen molar-refractivity contribution in [2.45, 2.75) is 83.3 Å². The lowest BCUT2D eigenvalue weighted by atomic mass is 10.1. The van der Waals surface area contributed by atoms with Crippen LogP contribution in [0.15, 0.2) is 4.99 Å². The molecule has 0 aliphatic carbocycles. The third kappa shape index (κ3) is 12.0. The van der Waals surface area contributed by atoms with E-state index >= 15 is 0 Å². The van der Waals surface area contributed by atoms with E-state index in [1.807, 2.05) is 13.8 Å². The summed E-state index contributed by atoms with van der Waals surface area (Å²) in [6.07, 6.45) is 5.42. The number of unbranched alkanes of at least 4 members (excludes halogenated alkanes) is 2. The van der Waals surface area contributed by atoms with Gasteiger partial charge in [-0.2, -0.15) is 0 Å². The number of hydrogen-bond acceptors (Lipinski definition) is 5. The summed E-state index contributed by atoms with van der Waals surface area (Å²) in [7, 11) is 0. The van der Waals surface area contributed by atoms with E-state index in [0.717, 1.165) is 19.3 Å². The molecule has 0 bridgehead atoms. The Hall–Kier alpha value is -2.16. The number of guanidine groups is 1. The second-order valence-electron chi connectivity index (χ2n) is 6.57. The van der Waals surface area contributed by atoms with Crippen molar-refractivity contribution in [2.24, 2.45) is 22.2 Å². The Kier molecular flexibility index (Phi) is 12.7. The molecular formula is C18H36N6O3. The number of nitrogens with zero attached hydrogens (tertiary/aromatic N) is 1. The van der Waals surface area contributed by atoms with Gasteiger partial charge < -0.3 is 32.6 Å². The largest absolute Gasteiger partial charge is 0.370 e. The van der Waals surface area contributed by atoms with Crippen LogP contribution in [0.25, 0.3) is 0 Å².